The second kappa shape index (κ2) is 15.3. The molecule has 0 fully saturated rings. The first-order valence-corrected chi connectivity index (χ1v) is 12.3. The van der Waals surface area contributed by atoms with Crippen LogP contribution >= 0.6 is 11.6 Å². The predicted octanol–water partition coefficient (Wildman–Crippen LogP) is 7.65. The Morgan fingerprint density at radius 1 is 0.774 bits per heavy atom. The van der Waals surface area contributed by atoms with E-state index in [1.165, 1.54) is 12.8 Å². The normalized spacial score (nSPS) is 11.2. The number of rotatable bonds is 15. The van der Waals surface area contributed by atoms with E-state index in [2.05, 4.69) is 27.7 Å². The summed E-state index contributed by atoms with van der Waals surface area (Å²) in [4.78, 5) is 25.3. The summed E-state index contributed by atoms with van der Waals surface area (Å²) < 4.78 is 10.9. The van der Waals surface area contributed by atoms with Crippen LogP contribution in [0.25, 0.3) is 0 Å². The molecule has 0 bridgehead atoms. The topological polar surface area (TPSA) is 52.6 Å². The lowest BCUT2D eigenvalue weighted by Gasteiger charge is -2.13. The van der Waals surface area contributed by atoms with E-state index < -0.39 is 11.9 Å². The summed E-state index contributed by atoms with van der Waals surface area (Å²) >= 11 is 6.31. The van der Waals surface area contributed by atoms with Gasteiger partial charge in [-0.2, -0.15) is 0 Å². The first kappa shape index (κ1) is 27.5. The summed E-state index contributed by atoms with van der Waals surface area (Å²) in [5.74, 6) is 0.370. The zero-order valence-electron chi connectivity index (χ0n) is 20.1. The number of unbranched alkanes of at least 4 members (excludes halogenated alkanes) is 4. The number of halogens is 1. The fourth-order valence-electron chi connectivity index (χ4n) is 3.37. The van der Waals surface area contributed by atoms with Crippen LogP contribution in [-0.2, 0) is 15.9 Å². The molecule has 0 atom stereocenters. The first-order chi connectivity index (χ1) is 14.8. The Morgan fingerprint density at radius 3 is 1.65 bits per heavy atom. The average molecular weight is 453 g/mol. The summed E-state index contributed by atoms with van der Waals surface area (Å²) in [5.41, 5.74) is 1.25. The molecule has 0 aliphatic heterocycles. The van der Waals surface area contributed by atoms with Crippen LogP contribution in [0.5, 0.6) is 0 Å². The van der Waals surface area contributed by atoms with Crippen molar-refractivity contribution in [1.29, 1.82) is 0 Å². The Morgan fingerprint density at radius 2 is 1.23 bits per heavy atom. The molecule has 0 radical (unpaired) electrons. The van der Waals surface area contributed by atoms with Crippen molar-refractivity contribution in [3.8, 4) is 0 Å². The van der Waals surface area contributed by atoms with Crippen molar-refractivity contribution >= 4 is 23.5 Å². The molecule has 0 unspecified atom stereocenters. The summed E-state index contributed by atoms with van der Waals surface area (Å²) in [7, 11) is 0. The van der Waals surface area contributed by atoms with E-state index in [-0.39, 0.29) is 11.1 Å². The third-order valence-corrected chi connectivity index (χ3v) is 5.68. The van der Waals surface area contributed by atoms with Crippen molar-refractivity contribution < 1.29 is 19.1 Å². The van der Waals surface area contributed by atoms with Crippen LogP contribution in [0.1, 0.15) is 112 Å². The summed E-state index contributed by atoms with van der Waals surface area (Å²) in [6.07, 6.45) is 8.96. The lowest BCUT2D eigenvalue weighted by Crippen LogP contribution is -2.16. The highest BCUT2D eigenvalue weighted by atomic mass is 35.5. The van der Waals surface area contributed by atoms with Gasteiger partial charge in [0.1, 0.15) is 0 Å². The molecule has 0 saturated heterocycles. The fourth-order valence-corrected chi connectivity index (χ4v) is 3.67. The van der Waals surface area contributed by atoms with Gasteiger partial charge in [-0.3, -0.25) is 0 Å². The number of benzene rings is 1. The molecule has 1 aromatic carbocycles. The van der Waals surface area contributed by atoms with Crippen LogP contribution in [0.3, 0.4) is 0 Å². The molecule has 0 heterocycles. The Kier molecular flexibility index (Phi) is 13.6. The maximum atomic E-state index is 12.7. The fraction of sp³-hybridized carbons (Fsp3) is 0.692. The Labute approximate surface area is 194 Å². The monoisotopic (exact) mass is 452 g/mol. The maximum absolute atomic E-state index is 12.7. The highest BCUT2D eigenvalue weighted by molar-refractivity contribution is 6.32. The smallest absolute Gasteiger partial charge is 0.339 e. The Hall–Kier alpha value is -1.55. The highest BCUT2D eigenvalue weighted by Gasteiger charge is 2.22. The second-order valence-electron chi connectivity index (χ2n) is 9.10. The van der Waals surface area contributed by atoms with E-state index >= 15 is 0 Å². The Bertz CT molecular complexity index is 682. The molecule has 1 rings (SSSR count). The van der Waals surface area contributed by atoms with Gasteiger partial charge in [0.15, 0.2) is 0 Å². The molecule has 1 aromatic rings. The number of hydrogen-bond donors (Lipinski definition) is 0. The van der Waals surface area contributed by atoms with Crippen molar-refractivity contribution in [1.82, 2.24) is 0 Å². The second-order valence-corrected chi connectivity index (χ2v) is 9.51. The quantitative estimate of drug-likeness (QED) is 0.202. The van der Waals surface area contributed by atoms with Gasteiger partial charge in [0, 0.05) is 5.02 Å². The van der Waals surface area contributed by atoms with Crippen LogP contribution in [0, 0.1) is 11.8 Å². The molecule has 0 aliphatic rings. The summed E-state index contributed by atoms with van der Waals surface area (Å²) in [6.45, 7) is 11.5. The largest absolute Gasteiger partial charge is 0.462 e. The van der Waals surface area contributed by atoms with Crippen LogP contribution in [-0.4, -0.2) is 25.2 Å². The lowest BCUT2D eigenvalue weighted by molar-refractivity contribution is 0.0450. The van der Waals surface area contributed by atoms with Gasteiger partial charge in [0.2, 0.25) is 0 Å². The summed E-state index contributed by atoms with van der Waals surface area (Å²) in [6, 6.07) is 3.21. The minimum Gasteiger partial charge on any atom is -0.462 e. The van der Waals surface area contributed by atoms with E-state index in [1.54, 1.807) is 12.1 Å². The van der Waals surface area contributed by atoms with Gasteiger partial charge in [-0.25, -0.2) is 9.59 Å². The first-order valence-electron chi connectivity index (χ1n) is 11.9. The minimum absolute atomic E-state index is 0.189. The number of carbonyl (C=O) groups excluding carboxylic acids is 2. The van der Waals surface area contributed by atoms with Crippen molar-refractivity contribution in [3.63, 3.8) is 0 Å². The number of hydrogen-bond acceptors (Lipinski definition) is 4. The molecule has 31 heavy (non-hydrogen) atoms. The van der Waals surface area contributed by atoms with E-state index in [4.69, 9.17) is 21.1 Å². The van der Waals surface area contributed by atoms with Crippen LogP contribution in [0.4, 0.5) is 0 Å². The predicted molar refractivity (Wildman–Crippen MR) is 128 cm³/mol. The molecule has 0 saturated carbocycles. The Balaban J connectivity index is 2.67. The molecule has 0 N–H and O–H groups in total. The van der Waals surface area contributed by atoms with Gasteiger partial charge in [-0.1, -0.05) is 84.7 Å². The van der Waals surface area contributed by atoms with Crippen molar-refractivity contribution in [2.75, 3.05) is 13.2 Å². The molecule has 0 amide bonds. The average Bonchev–Trinajstić information content (AvgIpc) is 2.72. The van der Waals surface area contributed by atoms with Crippen molar-refractivity contribution in [2.24, 2.45) is 11.8 Å². The number of aryl methyl sites for hydroxylation is 1. The standard InChI is InChI=1S/C26H41ClO4/c1-6-21-17-22(25(28)30-15-11-7-9-13-19(2)3)23(18-24(21)27)26(29)31-16-12-8-10-14-20(4)5/h17-20H,6-16H2,1-5H3. The van der Waals surface area contributed by atoms with E-state index in [0.29, 0.717) is 36.5 Å². The maximum Gasteiger partial charge on any atom is 0.339 e. The van der Waals surface area contributed by atoms with Crippen LogP contribution < -0.4 is 0 Å². The number of carbonyl (C=O) groups is 2. The zero-order chi connectivity index (χ0) is 23.2. The number of ether oxygens (including phenoxy) is 2. The SMILES string of the molecule is CCc1cc(C(=O)OCCCCCC(C)C)c(C(=O)OCCCCCC(C)C)cc1Cl. The van der Waals surface area contributed by atoms with E-state index in [0.717, 1.165) is 44.1 Å². The molecule has 0 spiro atoms. The third-order valence-electron chi connectivity index (χ3n) is 5.33. The van der Waals surface area contributed by atoms with E-state index in [9.17, 15) is 9.59 Å². The van der Waals surface area contributed by atoms with Gasteiger partial charge in [-0.05, 0) is 48.8 Å². The molecule has 176 valence electrons. The van der Waals surface area contributed by atoms with Gasteiger partial charge >= 0.3 is 11.9 Å². The van der Waals surface area contributed by atoms with Gasteiger partial charge in [0.25, 0.3) is 0 Å². The van der Waals surface area contributed by atoms with Crippen molar-refractivity contribution in [3.05, 3.63) is 33.8 Å². The molecule has 0 aliphatic carbocycles. The highest BCUT2D eigenvalue weighted by Crippen LogP contribution is 2.24. The van der Waals surface area contributed by atoms with Gasteiger partial charge in [0.05, 0.1) is 24.3 Å². The molecule has 0 aromatic heterocycles. The van der Waals surface area contributed by atoms with Gasteiger partial charge in [-0.15, -0.1) is 0 Å². The summed E-state index contributed by atoms with van der Waals surface area (Å²) in [5, 5.41) is 0.469. The molecule has 5 heteroatoms. The van der Waals surface area contributed by atoms with Crippen LogP contribution in [0.2, 0.25) is 5.02 Å². The molecular weight excluding hydrogens is 412 g/mol. The zero-order valence-corrected chi connectivity index (χ0v) is 20.9. The molecular formula is C26H41ClO4. The minimum atomic E-state index is -0.516. The number of esters is 2. The van der Waals surface area contributed by atoms with Gasteiger partial charge < -0.3 is 9.47 Å². The molecule has 4 nitrogen and oxygen atoms in total. The lowest BCUT2D eigenvalue weighted by atomic mass is 10.0. The van der Waals surface area contributed by atoms with E-state index in [1.807, 2.05) is 6.92 Å². The van der Waals surface area contributed by atoms with Crippen molar-refractivity contribution in [2.45, 2.75) is 92.4 Å². The van der Waals surface area contributed by atoms with Crippen LogP contribution in [0.15, 0.2) is 12.1 Å². The third kappa shape index (κ3) is 11.0.